The second-order valence-electron chi connectivity index (χ2n) is 16.2. The summed E-state index contributed by atoms with van der Waals surface area (Å²) in [6, 6.07) is 24.6. The quantitative estimate of drug-likeness (QED) is 0.0717. The second-order valence-corrected chi connectivity index (χ2v) is 16.2. The Bertz CT molecular complexity index is 2540. The van der Waals surface area contributed by atoms with Gasteiger partial charge in [-0.25, -0.2) is 19.6 Å². The molecule has 2 saturated heterocycles. The third-order valence-electron chi connectivity index (χ3n) is 11.6. The largest absolute Gasteiger partial charge is 0.453 e. The molecule has 0 radical (unpaired) electrons. The number of nitrogens with zero attached hydrogens (tertiary/aromatic N) is 3. The number of carbonyl (C=O) groups excluding carboxylic acids is 4. The number of amides is 4. The Morgan fingerprint density at radius 2 is 1.37 bits per heavy atom. The molecule has 8 rings (SSSR count). The van der Waals surface area contributed by atoms with Crippen LogP contribution in [0.3, 0.4) is 0 Å². The molecule has 2 aromatic heterocycles. The standard InChI is InChI=1S/C45H50N8O7.C3H8/c1-58-44(56)47-26-40(54)46-18-4-3-7-39-48-34-14-12-32(24-36(34)49-39)30-10-8-29-23-31(11-9-28(29)22-30)33-13-15-35-37(25-33)51-42(50-35)38-6-5-19-53(38)43(55)41(52-45(57)59-2)27-16-20-60-21-17-27;1-3-2/h8-15,22-25,27,38,41H,3-7,16-21,26H2,1-2H3,(H,46,54)(H,47,56)(H,48,49)(H,50,51)(H,52,57);3H2,1-2H3. The number of methoxy groups -OCH3 is 2. The first kappa shape index (κ1) is 44.6. The summed E-state index contributed by atoms with van der Waals surface area (Å²) < 4.78 is 14.9. The lowest BCUT2D eigenvalue weighted by Gasteiger charge is -2.34. The molecule has 4 heterocycles. The number of carbonyl (C=O) groups is 4. The van der Waals surface area contributed by atoms with E-state index in [9.17, 15) is 19.2 Å². The maximum absolute atomic E-state index is 14.0. The van der Waals surface area contributed by atoms with Gasteiger partial charge in [0, 0.05) is 32.7 Å². The predicted molar refractivity (Wildman–Crippen MR) is 243 cm³/mol. The number of benzene rings is 4. The van der Waals surface area contributed by atoms with Crippen LogP contribution in [0, 0.1) is 5.92 Å². The molecule has 15 heteroatoms. The smallest absolute Gasteiger partial charge is 0.407 e. The zero-order valence-corrected chi connectivity index (χ0v) is 36.6. The van der Waals surface area contributed by atoms with Crippen molar-refractivity contribution in [1.82, 2.24) is 40.8 Å². The van der Waals surface area contributed by atoms with E-state index in [4.69, 9.17) is 19.4 Å². The average Bonchev–Trinajstić information content (AvgIpc) is 4.08. The topological polar surface area (TPSA) is 193 Å². The monoisotopic (exact) mass is 858 g/mol. The molecule has 0 saturated carbocycles. The van der Waals surface area contributed by atoms with Crippen molar-refractivity contribution < 1.29 is 33.4 Å². The van der Waals surface area contributed by atoms with Gasteiger partial charge in [-0.3, -0.25) is 9.59 Å². The molecule has 2 atom stereocenters. The third-order valence-corrected chi connectivity index (χ3v) is 11.6. The number of hydrogen-bond acceptors (Lipinski definition) is 9. The van der Waals surface area contributed by atoms with Crippen molar-refractivity contribution in [3.05, 3.63) is 84.4 Å². The van der Waals surface area contributed by atoms with Gasteiger partial charge < -0.3 is 45.0 Å². The highest BCUT2D eigenvalue weighted by atomic mass is 16.5. The number of fused-ring (bicyclic) bond motifs is 3. The van der Waals surface area contributed by atoms with E-state index in [0.717, 1.165) is 98.8 Å². The van der Waals surface area contributed by atoms with Crippen LogP contribution >= 0.6 is 0 Å². The molecular formula is C48H58N8O7. The van der Waals surface area contributed by atoms with E-state index in [-0.39, 0.29) is 30.3 Å². The highest BCUT2D eigenvalue weighted by molar-refractivity contribution is 5.93. The number of likely N-dealkylation sites (tertiary alicyclic amines) is 1. The lowest BCUT2D eigenvalue weighted by Crippen LogP contribution is -2.53. The SMILES string of the molecule is CCC.COC(=O)NCC(=O)NCCCCc1nc2ccc(-c3ccc4cc(-c5ccc6nc(C7CCCN7C(=O)C(NC(=O)OC)C7CCOCC7)[nH]c6c5)ccc4c3)cc2[nH]1. The van der Waals surface area contributed by atoms with Gasteiger partial charge in [0.2, 0.25) is 11.8 Å². The van der Waals surface area contributed by atoms with Crippen LogP contribution in [0.15, 0.2) is 72.8 Å². The summed E-state index contributed by atoms with van der Waals surface area (Å²) in [6.07, 6.45) is 5.41. The van der Waals surface area contributed by atoms with Gasteiger partial charge >= 0.3 is 12.2 Å². The van der Waals surface area contributed by atoms with Crippen LogP contribution in [-0.4, -0.2) is 102 Å². The summed E-state index contributed by atoms with van der Waals surface area (Å²) in [7, 11) is 2.57. The Morgan fingerprint density at radius 3 is 2.02 bits per heavy atom. The van der Waals surface area contributed by atoms with Gasteiger partial charge in [-0.05, 0) is 114 Å². The minimum absolute atomic E-state index is 0.0255. The van der Waals surface area contributed by atoms with Gasteiger partial charge in [0.05, 0.1) is 48.9 Å². The van der Waals surface area contributed by atoms with E-state index in [1.54, 1.807) is 0 Å². The van der Waals surface area contributed by atoms with Gasteiger partial charge in [0.1, 0.15) is 17.7 Å². The normalized spacial score (nSPS) is 15.7. The van der Waals surface area contributed by atoms with Crippen molar-refractivity contribution in [3.63, 3.8) is 0 Å². The highest BCUT2D eigenvalue weighted by Crippen LogP contribution is 2.35. The second kappa shape index (κ2) is 21.1. The van der Waals surface area contributed by atoms with Crippen LogP contribution in [0.1, 0.15) is 76.5 Å². The zero-order chi connectivity index (χ0) is 44.3. The van der Waals surface area contributed by atoms with Gasteiger partial charge in [-0.2, -0.15) is 0 Å². The molecule has 6 aromatic rings. The molecule has 0 bridgehead atoms. The number of unbranched alkanes of at least 4 members (excludes halogenated alkanes) is 1. The Morgan fingerprint density at radius 1 is 0.762 bits per heavy atom. The highest BCUT2D eigenvalue weighted by Gasteiger charge is 2.40. The van der Waals surface area contributed by atoms with Gasteiger partial charge in [-0.1, -0.05) is 56.7 Å². The molecule has 4 amide bonds. The molecule has 2 aliphatic rings. The number of nitrogens with one attached hydrogen (secondary N) is 5. The molecule has 332 valence electrons. The van der Waals surface area contributed by atoms with Crippen LogP contribution in [0.2, 0.25) is 0 Å². The van der Waals surface area contributed by atoms with E-state index in [0.29, 0.717) is 39.1 Å². The Labute approximate surface area is 367 Å². The first-order valence-electron chi connectivity index (χ1n) is 22.0. The Kier molecular flexibility index (Phi) is 14.9. The van der Waals surface area contributed by atoms with E-state index in [1.807, 2.05) is 17.0 Å². The minimum Gasteiger partial charge on any atom is -0.453 e. The Hall–Kier alpha value is -6.48. The first-order chi connectivity index (χ1) is 30.7. The number of ether oxygens (including phenoxy) is 3. The van der Waals surface area contributed by atoms with Crippen LogP contribution in [0.25, 0.3) is 55.1 Å². The maximum atomic E-state index is 14.0. The summed E-state index contributed by atoms with van der Waals surface area (Å²) >= 11 is 0. The molecular weight excluding hydrogens is 801 g/mol. The molecule has 0 aliphatic carbocycles. The lowest BCUT2D eigenvalue weighted by atomic mass is 9.90. The van der Waals surface area contributed by atoms with E-state index < -0.39 is 18.2 Å². The number of alkyl carbamates (subject to hydrolysis) is 2. The fourth-order valence-electron chi connectivity index (χ4n) is 8.37. The fraction of sp³-hybridized carbons (Fsp3) is 0.417. The Balaban J connectivity index is 0.00000193. The summed E-state index contributed by atoms with van der Waals surface area (Å²) in [5, 5.41) is 10.2. The molecule has 2 fully saturated rings. The van der Waals surface area contributed by atoms with Crippen molar-refractivity contribution >= 4 is 56.8 Å². The number of imidazole rings is 2. The number of aromatic nitrogens is 4. The maximum Gasteiger partial charge on any atom is 0.407 e. The van der Waals surface area contributed by atoms with Crippen molar-refractivity contribution in [2.24, 2.45) is 5.92 Å². The summed E-state index contributed by atoms with van der Waals surface area (Å²) in [5.74, 6) is 1.26. The molecule has 5 N–H and O–H groups in total. The molecule has 2 aliphatic heterocycles. The van der Waals surface area contributed by atoms with Gasteiger partial charge in [0.15, 0.2) is 0 Å². The number of hydrogen-bond donors (Lipinski definition) is 5. The molecule has 4 aromatic carbocycles. The minimum atomic E-state index is -0.682. The van der Waals surface area contributed by atoms with Gasteiger partial charge in [-0.15, -0.1) is 0 Å². The first-order valence-corrected chi connectivity index (χ1v) is 22.0. The van der Waals surface area contributed by atoms with Crippen LogP contribution in [0.4, 0.5) is 9.59 Å². The van der Waals surface area contributed by atoms with Gasteiger partial charge in [0.25, 0.3) is 0 Å². The fourth-order valence-corrected chi connectivity index (χ4v) is 8.37. The van der Waals surface area contributed by atoms with E-state index in [1.165, 1.54) is 20.6 Å². The van der Waals surface area contributed by atoms with E-state index in [2.05, 4.69) is 105 Å². The molecule has 2 unspecified atom stereocenters. The van der Waals surface area contributed by atoms with Crippen molar-refractivity contribution in [2.45, 2.75) is 77.3 Å². The molecule has 15 nitrogen and oxygen atoms in total. The van der Waals surface area contributed by atoms with E-state index >= 15 is 0 Å². The number of aromatic amines is 2. The van der Waals surface area contributed by atoms with Crippen LogP contribution in [0.5, 0.6) is 0 Å². The van der Waals surface area contributed by atoms with Crippen LogP contribution in [-0.2, 0) is 30.2 Å². The number of rotatable bonds is 13. The number of H-pyrrole nitrogens is 2. The molecule has 0 spiro atoms. The summed E-state index contributed by atoms with van der Waals surface area (Å²) in [5.41, 5.74) is 7.96. The number of aryl methyl sites for hydroxylation is 1. The predicted octanol–water partition coefficient (Wildman–Crippen LogP) is 7.95. The van der Waals surface area contributed by atoms with Crippen molar-refractivity contribution in [1.29, 1.82) is 0 Å². The summed E-state index contributed by atoms with van der Waals surface area (Å²) in [6.45, 7) is 6.37. The average molecular weight is 859 g/mol. The third kappa shape index (κ3) is 10.9. The summed E-state index contributed by atoms with van der Waals surface area (Å²) in [4.78, 5) is 67.9. The molecule has 63 heavy (non-hydrogen) atoms. The van der Waals surface area contributed by atoms with Crippen molar-refractivity contribution in [3.8, 4) is 22.3 Å². The van der Waals surface area contributed by atoms with Crippen LogP contribution < -0.4 is 16.0 Å². The zero-order valence-electron chi connectivity index (χ0n) is 36.6. The lowest BCUT2D eigenvalue weighted by molar-refractivity contribution is -0.136. The van der Waals surface area contributed by atoms with Crippen molar-refractivity contribution in [2.75, 3.05) is 47.1 Å².